The third kappa shape index (κ3) is 4.60. The Hall–Kier alpha value is -3.40. The van der Waals surface area contributed by atoms with Crippen LogP contribution >= 0.6 is 0 Å². The van der Waals surface area contributed by atoms with E-state index >= 15 is 0 Å². The lowest BCUT2D eigenvalue weighted by molar-refractivity contribution is -0.121. The van der Waals surface area contributed by atoms with E-state index in [0.717, 1.165) is 29.8 Å². The molecule has 0 fully saturated rings. The summed E-state index contributed by atoms with van der Waals surface area (Å²) in [6, 6.07) is 28.7. The Balaban J connectivity index is 1.35. The number of benzene rings is 3. The Kier molecular flexibility index (Phi) is 6.23. The van der Waals surface area contributed by atoms with Crippen LogP contribution in [0.5, 0.6) is 0 Å². The van der Waals surface area contributed by atoms with Crippen LogP contribution in [0.1, 0.15) is 35.7 Å². The SMILES string of the molecule is Cc1nc2ccccc2n1CCCNC(=O)CC(c1ccccc1)c1ccccc1. The van der Waals surface area contributed by atoms with Gasteiger partial charge in [-0.3, -0.25) is 4.79 Å². The molecule has 1 amide bonds. The average molecular weight is 398 g/mol. The van der Waals surface area contributed by atoms with Crippen LogP contribution in [0.15, 0.2) is 84.9 Å². The first-order valence-corrected chi connectivity index (χ1v) is 10.5. The smallest absolute Gasteiger partial charge is 0.220 e. The van der Waals surface area contributed by atoms with Gasteiger partial charge in [0.2, 0.25) is 5.91 Å². The number of carbonyl (C=O) groups excluding carboxylic acids is 1. The fourth-order valence-corrected chi connectivity index (χ4v) is 4.00. The second kappa shape index (κ2) is 9.40. The normalized spacial score (nSPS) is 11.1. The summed E-state index contributed by atoms with van der Waals surface area (Å²) in [6.45, 7) is 3.53. The van der Waals surface area contributed by atoms with Gasteiger partial charge in [-0.25, -0.2) is 4.98 Å². The summed E-state index contributed by atoms with van der Waals surface area (Å²) in [5.41, 5.74) is 4.50. The summed E-state index contributed by atoms with van der Waals surface area (Å²) in [5, 5.41) is 3.11. The molecule has 0 spiro atoms. The molecular weight excluding hydrogens is 370 g/mol. The monoisotopic (exact) mass is 397 g/mol. The van der Waals surface area contributed by atoms with Crippen molar-refractivity contribution in [1.29, 1.82) is 0 Å². The number of aromatic nitrogens is 2. The van der Waals surface area contributed by atoms with Gasteiger partial charge in [-0.15, -0.1) is 0 Å². The number of hydrogen-bond acceptors (Lipinski definition) is 2. The minimum atomic E-state index is 0.0623. The summed E-state index contributed by atoms with van der Waals surface area (Å²) < 4.78 is 2.22. The van der Waals surface area contributed by atoms with E-state index < -0.39 is 0 Å². The molecule has 0 aliphatic heterocycles. The number of para-hydroxylation sites is 2. The predicted molar refractivity (Wildman–Crippen MR) is 121 cm³/mol. The summed E-state index contributed by atoms with van der Waals surface area (Å²) in [5.74, 6) is 1.16. The number of nitrogens with one attached hydrogen (secondary N) is 1. The number of hydrogen-bond donors (Lipinski definition) is 1. The molecule has 1 heterocycles. The minimum absolute atomic E-state index is 0.0623. The van der Waals surface area contributed by atoms with Crippen molar-refractivity contribution in [3.05, 3.63) is 102 Å². The van der Waals surface area contributed by atoms with E-state index in [0.29, 0.717) is 13.0 Å². The lowest BCUT2D eigenvalue weighted by atomic mass is 9.88. The minimum Gasteiger partial charge on any atom is -0.356 e. The molecule has 1 N–H and O–H groups in total. The van der Waals surface area contributed by atoms with Crippen molar-refractivity contribution >= 4 is 16.9 Å². The van der Waals surface area contributed by atoms with Gasteiger partial charge in [0.05, 0.1) is 11.0 Å². The lowest BCUT2D eigenvalue weighted by Crippen LogP contribution is -2.27. The maximum absolute atomic E-state index is 12.7. The fraction of sp³-hybridized carbons (Fsp3) is 0.231. The van der Waals surface area contributed by atoms with Gasteiger partial charge in [-0.1, -0.05) is 72.8 Å². The van der Waals surface area contributed by atoms with Gasteiger partial charge in [-0.2, -0.15) is 0 Å². The third-order valence-electron chi connectivity index (χ3n) is 5.52. The first-order chi connectivity index (χ1) is 14.7. The van der Waals surface area contributed by atoms with E-state index in [2.05, 4.69) is 45.2 Å². The Labute approximate surface area is 177 Å². The highest BCUT2D eigenvalue weighted by atomic mass is 16.1. The molecule has 0 saturated heterocycles. The number of fused-ring (bicyclic) bond motifs is 1. The quantitative estimate of drug-likeness (QED) is 0.422. The van der Waals surface area contributed by atoms with Crippen LogP contribution in [-0.2, 0) is 11.3 Å². The highest BCUT2D eigenvalue weighted by molar-refractivity contribution is 5.77. The van der Waals surface area contributed by atoms with Gasteiger partial charge in [0.1, 0.15) is 5.82 Å². The predicted octanol–water partition coefficient (Wildman–Crippen LogP) is 5.07. The maximum Gasteiger partial charge on any atom is 0.220 e. The summed E-state index contributed by atoms with van der Waals surface area (Å²) in [4.78, 5) is 17.3. The van der Waals surface area contributed by atoms with E-state index in [4.69, 9.17) is 0 Å². The van der Waals surface area contributed by atoms with Gasteiger partial charge >= 0.3 is 0 Å². The molecule has 0 atom stereocenters. The van der Waals surface area contributed by atoms with E-state index in [-0.39, 0.29) is 11.8 Å². The van der Waals surface area contributed by atoms with Gasteiger partial charge in [-0.05, 0) is 36.6 Å². The van der Waals surface area contributed by atoms with Crippen molar-refractivity contribution < 1.29 is 4.79 Å². The molecule has 0 aliphatic carbocycles. The number of carbonyl (C=O) groups is 1. The zero-order valence-electron chi connectivity index (χ0n) is 17.3. The first kappa shape index (κ1) is 19.9. The van der Waals surface area contributed by atoms with Crippen molar-refractivity contribution in [2.75, 3.05) is 6.54 Å². The molecule has 0 bridgehead atoms. The molecule has 0 unspecified atom stereocenters. The first-order valence-electron chi connectivity index (χ1n) is 10.5. The topological polar surface area (TPSA) is 46.9 Å². The molecule has 4 nitrogen and oxygen atoms in total. The Morgan fingerprint density at radius 1 is 0.900 bits per heavy atom. The van der Waals surface area contributed by atoms with Crippen LogP contribution in [0, 0.1) is 6.92 Å². The number of imidazole rings is 1. The lowest BCUT2D eigenvalue weighted by Gasteiger charge is -2.18. The highest BCUT2D eigenvalue weighted by Crippen LogP contribution is 2.27. The van der Waals surface area contributed by atoms with Crippen molar-refractivity contribution in [2.24, 2.45) is 0 Å². The zero-order chi connectivity index (χ0) is 20.8. The van der Waals surface area contributed by atoms with Crippen LogP contribution in [0.2, 0.25) is 0 Å². The second-order valence-electron chi connectivity index (χ2n) is 7.58. The fourth-order valence-electron chi connectivity index (χ4n) is 4.00. The summed E-state index contributed by atoms with van der Waals surface area (Å²) in [7, 11) is 0. The molecule has 152 valence electrons. The van der Waals surface area contributed by atoms with Crippen LogP contribution in [0.4, 0.5) is 0 Å². The average Bonchev–Trinajstić information content (AvgIpc) is 3.11. The van der Waals surface area contributed by atoms with Gasteiger partial charge in [0.15, 0.2) is 0 Å². The second-order valence-corrected chi connectivity index (χ2v) is 7.58. The Morgan fingerprint density at radius 2 is 1.50 bits per heavy atom. The van der Waals surface area contributed by atoms with E-state index in [9.17, 15) is 4.79 Å². The molecule has 3 aromatic carbocycles. The Bertz CT molecular complexity index is 1060. The summed E-state index contributed by atoms with van der Waals surface area (Å²) in [6.07, 6.45) is 1.31. The molecule has 4 heteroatoms. The number of rotatable bonds is 8. The van der Waals surface area contributed by atoms with Crippen LogP contribution in [0.3, 0.4) is 0 Å². The van der Waals surface area contributed by atoms with Crippen LogP contribution in [0.25, 0.3) is 11.0 Å². The van der Waals surface area contributed by atoms with Crippen LogP contribution in [-0.4, -0.2) is 22.0 Å². The Morgan fingerprint density at radius 3 is 2.17 bits per heavy atom. The van der Waals surface area contributed by atoms with Crippen LogP contribution < -0.4 is 5.32 Å². The van der Waals surface area contributed by atoms with Gasteiger partial charge in [0.25, 0.3) is 0 Å². The van der Waals surface area contributed by atoms with Gasteiger partial charge < -0.3 is 9.88 Å². The number of nitrogens with zero attached hydrogens (tertiary/aromatic N) is 2. The van der Waals surface area contributed by atoms with E-state index in [1.165, 1.54) is 11.1 Å². The molecule has 0 saturated carbocycles. The maximum atomic E-state index is 12.7. The zero-order valence-corrected chi connectivity index (χ0v) is 17.3. The molecule has 4 aromatic rings. The van der Waals surface area contributed by atoms with Crippen molar-refractivity contribution in [3.63, 3.8) is 0 Å². The standard InChI is InChI=1S/C26H27N3O/c1-20-28-24-15-8-9-16-25(24)29(20)18-10-17-27-26(30)19-23(21-11-4-2-5-12-21)22-13-6-3-7-14-22/h2-9,11-16,23H,10,17-19H2,1H3,(H,27,30). The largest absolute Gasteiger partial charge is 0.356 e. The molecule has 4 rings (SSSR count). The number of amides is 1. The molecule has 0 aliphatic rings. The number of aryl methyl sites for hydroxylation is 2. The van der Waals surface area contributed by atoms with E-state index in [1.54, 1.807) is 0 Å². The molecule has 1 aromatic heterocycles. The molecule has 30 heavy (non-hydrogen) atoms. The van der Waals surface area contributed by atoms with Gasteiger partial charge in [0, 0.05) is 25.4 Å². The molecule has 0 radical (unpaired) electrons. The van der Waals surface area contributed by atoms with Crippen molar-refractivity contribution in [2.45, 2.75) is 32.2 Å². The highest BCUT2D eigenvalue weighted by Gasteiger charge is 2.17. The van der Waals surface area contributed by atoms with Crippen molar-refractivity contribution in [3.8, 4) is 0 Å². The van der Waals surface area contributed by atoms with Crippen molar-refractivity contribution in [1.82, 2.24) is 14.9 Å². The summed E-state index contributed by atoms with van der Waals surface area (Å²) >= 11 is 0. The van der Waals surface area contributed by atoms with E-state index in [1.807, 2.05) is 61.5 Å². The molecular formula is C26H27N3O. The third-order valence-corrected chi connectivity index (χ3v) is 5.52.